The molecule has 100 valence electrons. The van der Waals surface area contributed by atoms with Crippen molar-refractivity contribution in [3.8, 4) is 0 Å². The molecule has 2 aromatic rings. The zero-order valence-corrected chi connectivity index (χ0v) is 12.0. The standard InChI is InChI=1S/C15H14BrF2N/c1-9-12(3-2-4-13(9)16)15(19)7-10-5-6-11(17)8-14(10)18/h2-6,8,15H,7,19H2,1H3. The lowest BCUT2D eigenvalue weighted by Gasteiger charge is -2.16. The SMILES string of the molecule is Cc1c(Br)cccc1C(N)Cc1ccc(F)cc1F. The first-order valence-electron chi connectivity index (χ1n) is 5.93. The van der Waals surface area contributed by atoms with Gasteiger partial charge >= 0.3 is 0 Å². The fourth-order valence-electron chi connectivity index (χ4n) is 2.06. The minimum Gasteiger partial charge on any atom is -0.324 e. The van der Waals surface area contributed by atoms with Gasteiger partial charge in [-0.1, -0.05) is 34.1 Å². The third kappa shape index (κ3) is 3.19. The summed E-state index contributed by atoms with van der Waals surface area (Å²) in [6.07, 6.45) is 0.337. The van der Waals surface area contributed by atoms with Crippen LogP contribution in [0.15, 0.2) is 40.9 Å². The van der Waals surface area contributed by atoms with Crippen molar-refractivity contribution in [3.63, 3.8) is 0 Å². The monoisotopic (exact) mass is 325 g/mol. The molecule has 0 fully saturated rings. The molecule has 2 rings (SSSR count). The second-order valence-corrected chi connectivity index (χ2v) is 5.35. The molecule has 1 unspecified atom stereocenters. The van der Waals surface area contributed by atoms with Gasteiger partial charge in [0.05, 0.1) is 0 Å². The van der Waals surface area contributed by atoms with E-state index in [0.29, 0.717) is 12.0 Å². The molecule has 0 spiro atoms. The van der Waals surface area contributed by atoms with Crippen LogP contribution in [0.5, 0.6) is 0 Å². The molecule has 0 saturated heterocycles. The third-order valence-corrected chi connectivity index (χ3v) is 4.02. The van der Waals surface area contributed by atoms with E-state index in [2.05, 4.69) is 15.9 Å². The number of benzene rings is 2. The predicted octanol–water partition coefficient (Wildman–Crippen LogP) is 4.28. The second-order valence-electron chi connectivity index (χ2n) is 4.50. The largest absolute Gasteiger partial charge is 0.324 e. The Kier molecular flexibility index (Phi) is 4.32. The van der Waals surface area contributed by atoms with E-state index < -0.39 is 11.6 Å². The second kappa shape index (κ2) is 5.80. The number of nitrogens with two attached hydrogens (primary N) is 1. The molecule has 2 aromatic carbocycles. The van der Waals surface area contributed by atoms with E-state index in [-0.39, 0.29) is 6.04 Å². The fraction of sp³-hybridized carbons (Fsp3) is 0.200. The summed E-state index contributed by atoms with van der Waals surface area (Å²) < 4.78 is 27.4. The van der Waals surface area contributed by atoms with Crippen LogP contribution in [0.3, 0.4) is 0 Å². The Morgan fingerprint density at radius 1 is 1.21 bits per heavy atom. The molecule has 0 amide bonds. The van der Waals surface area contributed by atoms with Crippen LogP contribution in [0.4, 0.5) is 8.78 Å². The molecule has 0 saturated carbocycles. The molecule has 1 atom stereocenters. The number of hydrogen-bond acceptors (Lipinski definition) is 1. The summed E-state index contributed by atoms with van der Waals surface area (Å²) >= 11 is 3.44. The third-order valence-electron chi connectivity index (χ3n) is 3.16. The lowest BCUT2D eigenvalue weighted by Crippen LogP contribution is -2.15. The van der Waals surface area contributed by atoms with Gasteiger partial charge in [0, 0.05) is 16.6 Å². The highest BCUT2D eigenvalue weighted by molar-refractivity contribution is 9.10. The molecular weight excluding hydrogens is 312 g/mol. The maximum absolute atomic E-state index is 13.6. The molecule has 0 aliphatic rings. The Hall–Kier alpha value is -1.26. The first-order valence-corrected chi connectivity index (χ1v) is 6.73. The minimum absolute atomic E-state index is 0.322. The van der Waals surface area contributed by atoms with Gasteiger partial charge < -0.3 is 5.73 Å². The number of hydrogen-bond donors (Lipinski definition) is 1. The molecule has 0 bridgehead atoms. The zero-order valence-electron chi connectivity index (χ0n) is 10.5. The number of halogens is 3. The van der Waals surface area contributed by atoms with Crippen molar-refractivity contribution in [2.24, 2.45) is 5.73 Å². The van der Waals surface area contributed by atoms with E-state index in [9.17, 15) is 8.78 Å². The lowest BCUT2D eigenvalue weighted by molar-refractivity contribution is 0.562. The van der Waals surface area contributed by atoms with Crippen LogP contribution in [-0.4, -0.2) is 0 Å². The van der Waals surface area contributed by atoms with E-state index in [1.54, 1.807) is 0 Å². The van der Waals surface area contributed by atoms with Gasteiger partial charge in [-0.15, -0.1) is 0 Å². The lowest BCUT2D eigenvalue weighted by atomic mass is 9.96. The molecule has 0 aliphatic heterocycles. The Labute approximate surface area is 119 Å². The van der Waals surface area contributed by atoms with Crippen LogP contribution in [0.25, 0.3) is 0 Å². The van der Waals surface area contributed by atoms with Gasteiger partial charge in [-0.2, -0.15) is 0 Å². The summed E-state index contributed by atoms with van der Waals surface area (Å²) in [5, 5.41) is 0. The molecule has 0 radical (unpaired) electrons. The van der Waals surface area contributed by atoms with Crippen molar-refractivity contribution in [1.29, 1.82) is 0 Å². The Balaban J connectivity index is 2.25. The van der Waals surface area contributed by atoms with Crippen molar-refractivity contribution in [1.82, 2.24) is 0 Å². The fourth-order valence-corrected chi connectivity index (χ4v) is 2.44. The van der Waals surface area contributed by atoms with Crippen molar-refractivity contribution in [2.75, 3.05) is 0 Å². The van der Waals surface area contributed by atoms with Gasteiger partial charge in [0.25, 0.3) is 0 Å². The Morgan fingerprint density at radius 3 is 2.63 bits per heavy atom. The van der Waals surface area contributed by atoms with Crippen LogP contribution in [-0.2, 0) is 6.42 Å². The highest BCUT2D eigenvalue weighted by Crippen LogP contribution is 2.26. The van der Waals surface area contributed by atoms with Gasteiger partial charge in [0.15, 0.2) is 0 Å². The van der Waals surface area contributed by atoms with Crippen molar-refractivity contribution < 1.29 is 8.78 Å². The summed E-state index contributed by atoms with van der Waals surface area (Å²) in [6.45, 7) is 1.96. The first-order chi connectivity index (χ1) is 8.99. The smallest absolute Gasteiger partial charge is 0.129 e. The highest BCUT2D eigenvalue weighted by Gasteiger charge is 2.14. The van der Waals surface area contributed by atoms with E-state index in [1.165, 1.54) is 12.1 Å². The summed E-state index contributed by atoms with van der Waals surface area (Å²) in [4.78, 5) is 0. The Morgan fingerprint density at radius 2 is 1.95 bits per heavy atom. The number of rotatable bonds is 3. The van der Waals surface area contributed by atoms with Crippen LogP contribution >= 0.6 is 15.9 Å². The van der Waals surface area contributed by atoms with Crippen LogP contribution in [0, 0.1) is 18.6 Å². The molecule has 0 aromatic heterocycles. The van der Waals surface area contributed by atoms with Crippen LogP contribution < -0.4 is 5.73 Å². The average molecular weight is 326 g/mol. The van der Waals surface area contributed by atoms with Gasteiger partial charge in [-0.3, -0.25) is 0 Å². The molecular formula is C15H14BrF2N. The van der Waals surface area contributed by atoms with E-state index in [4.69, 9.17) is 5.73 Å². The molecule has 1 nitrogen and oxygen atoms in total. The van der Waals surface area contributed by atoms with Crippen molar-refractivity contribution >= 4 is 15.9 Å². The summed E-state index contributed by atoms with van der Waals surface area (Å²) in [5.41, 5.74) is 8.54. The van der Waals surface area contributed by atoms with Crippen molar-refractivity contribution in [2.45, 2.75) is 19.4 Å². The Bertz CT molecular complexity index is 599. The summed E-state index contributed by atoms with van der Waals surface area (Å²) in [6, 6.07) is 9.01. The molecule has 4 heteroatoms. The predicted molar refractivity (Wildman–Crippen MR) is 75.9 cm³/mol. The van der Waals surface area contributed by atoms with E-state index in [0.717, 1.165) is 21.7 Å². The average Bonchev–Trinajstić information content (AvgIpc) is 2.36. The minimum atomic E-state index is -0.576. The van der Waals surface area contributed by atoms with Crippen LogP contribution in [0.1, 0.15) is 22.7 Å². The van der Waals surface area contributed by atoms with Crippen molar-refractivity contribution in [3.05, 3.63) is 69.2 Å². The summed E-state index contributed by atoms with van der Waals surface area (Å²) in [5.74, 6) is -1.13. The van der Waals surface area contributed by atoms with Crippen LogP contribution in [0.2, 0.25) is 0 Å². The molecule has 0 aliphatic carbocycles. The quantitative estimate of drug-likeness (QED) is 0.895. The van der Waals surface area contributed by atoms with Gasteiger partial charge in [0.2, 0.25) is 0 Å². The van der Waals surface area contributed by atoms with E-state index >= 15 is 0 Å². The first kappa shape index (κ1) is 14.2. The molecule has 19 heavy (non-hydrogen) atoms. The van der Waals surface area contributed by atoms with E-state index in [1.807, 2.05) is 25.1 Å². The normalized spacial score (nSPS) is 12.5. The maximum Gasteiger partial charge on any atom is 0.129 e. The zero-order chi connectivity index (χ0) is 14.0. The molecule has 2 N–H and O–H groups in total. The summed E-state index contributed by atoms with van der Waals surface area (Å²) in [7, 11) is 0. The highest BCUT2D eigenvalue weighted by atomic mass is 79.9. The topological polar surface area (TPSA) is 26.0 Å². The maximum atomic E-state index is 13.6. The van der Waals surface area contributed by atoms with Gasteiger partial charge in [-0.25, -0.2) is 8.78 Å². The van der Waals surface area contributed by atoms with Gasteiger partial charge in [0.1, 0.15) is 11.6 Å². The van der Waals surface area contributed by atoms with Gasteiger partial charge in [-0.05, 0) is 42.2 Å². The molecule has 0 heterocycles.